The Labute approximate surface area is 134 Å². The lowest BCUT2D eigenvalue weighted by Gasteiger charge is -2.26. The van der Waals surface area contributed by atoms with E-state index in [0.29, 0.717) is 12.5 Å². The van der Waals surface area contributed by atoms with Crippen LogP contribution in [-0.4, -0.2) is 4.90 Å². The van der Waals surface area contributed by atoms with E-state index in [-0.39, 0.29) is 5.41 Å². The van der Waals surface area contributed by atoms with Gasteiger partial charge >= 0.3 is 6.18 Å². The maximum atomic E-state index is 12.7. The molecule has 0 spiro atoms. The van der Waals surface area contributed by atoms with Gasteiger partial charge in [0, 0.05) is 29.3 Å². The van der Waals surface area contributed by atoms with Crippen molar-refractivity contribution in [2.24, 2.45) is 11.3 Å². The molecule has 0 aromatic heterocycles. The summed E-state index contributed by atoms with van der Waals surface area (Å²) in [6.45, 7) is 9.16. The van der Waals surface area contributed by atoms with Crippen LogP contribution in [0, 0.1) is 11.3 Å². The van der Waals surface area contributed by atoms with Crippen molar-refractivity contribution < 1.29 is 13.2 Å². The minimum absolute atomic E-state index is 0.0392. The van der Waals surface area contributed by atoms with Crippen LogP contribution in [0.2, 0.25) is 0 Å². The quantitative estimate of drug-likeness (QED) is 0.693. The average molecular weight is 319 g/mol. The normalized spacial score (nSPS) is 23.0. The third kappa shape index (κ3) is 2.71. The number of likely N-dealkylation sites (tertiary alicyclic amines) is 1. The van der Waals surface area contributed by atoms with Gasteiger partial charge in [-0.25, -0.2) is 0 Å². The van der Waals surface area contributed by atoms with Gasteiger partial charge in [0.25, 0.3) is 0 Å². The predicted molar refractivity (Wildman–Crippen MR) is 85.2 cm³/mol. The highest BCUT2D eigenvalue weighted by Gasteiger charge is 2.45. The lowest BCUT2D eigenvalue weighted by Crippen LogP contribution is -2.20. The summed E-state index contributed by atoms with van der Waals surface area (Å²) in [6.07, 6.45) is 2.98. The van der Waals surface area contributed by atoms with Crippen molar-refractivity contribution in [3.63, 3.8) is 0 Å². The van der Waals surface area contributed by atoms with Crippen LogP contribution in [0.3, 0.4) is 0 Å². The highest BCUT2D eigenvalue weighted by atomic mass is 19.4. The molecule has 1 aromatic carbocycles. The lowest BCUT2D eigenvalue weighted by molar-refractivity contribution is -0.137. The van der Waals surface area contributed by atoms with Crippen molar-refractivity contribution in [2.75, 3.05) is 0 Å². The molecule has 1 aromatic rings. The molecule has 0 bridgehead atoms. The number of alkyl halides is 3. The van der Waals surface area contributed by atoms with Gasteiger partial charge in [-0.1, -0.05) is 44.7 Å². The van der Waals surface area contributed by atoms with E-state index in [1.165, 1.54) is 5.70 Å². The van der Waals surface area contributed by atoms with Crippen LogP contribution >= 0.6 is 0 Å². The molecule has 1 atom stereocenters. The van der Waals surface area contributed by atoms with Crippen molar-refractivity contribution in [3.05, 3.63) is 71.6 Å². The molecular weight excluding hydrogens is 299 g/mol. The molecule has 4 heteroatoms. The van der Waals surface area contributed by atoms with Crippen LogP contribution in [0.1, 0.15) is 31.4 Å². The summed E-state index contributed by atoms with van der Waals surface area (Å²) < 4.78 is 38.0. The summed E-state index contributed by atoms with van der Waals surface area (Å²) in [5, 5.41) is 0. The smallest absolute Gasteiger partial charge is 0.344 e. The second-order valence-corrected chi connectivity index (χ2v) is 6.76. The Morgan fingerprint density at radius 3 is 2.48 bits per heavy atom. The zero-order valence-electron chi connectivity index (χ0n) is 13.3. The first-order valence-electron chi connectivity index (χ1n) is 7.71. The van der Waals surface area contributed by atoms with Crippen LogP contribution in [-0.2, 0) is 12.7 Å². The zero-order valence-corrected chi connectivity index (χ0v) is 13.3. The molecule has 1 aliphatic carbocycles. The van der Waals surface area contributed by atoms with E-state index in [1.54, 1.807) is 12.1 Å². The van der Waals surface area contributed by atoms with Crippen molar-refractivity contribution in [1.29, 1.82) is 0 Å². The molecule has 122 valence electrons. The van der Waals surface area contributed by atoms with E-state index in [0.717, 1.165) is 29.8 Å². The minimum Gasteiger partial charge on any atom is -0.344 e. The summed E-state index contributed by atoms with van der Waals surface area (Å²) in [7, 11) is 0. The van der Waals surface area contributed by atoms with Crippen molar-refractivity contribution in [2.45, 2.75) is 33.0 Å². The Morgan fingerprint density at radius 2 is 1.87 bits per heavy atom. The summed E-state index contributed by atoms with van der Waals surface area (Å²) >= 11 is 0. The van der Waals surface area contributed by atoms with Crippen LogP contribution in [0.4, 0.5) is 13.2 Å². The van der Waals surface area contributed by atoms with Gasteiger partial charge in [0.2, 0.25) is 0 Å². The van der Waals surface area contributed by atoms with E-state index in [1.807, 2.05) is 6.08 Å². The number of hydrogen-bond donors (Lipinski definition) is 0. The van der Waals surface area contributed by atoms with Gasteiger partial charge in [-0.3, -0.25) is 0 Å². The summed E-state index contributed by atoms with van der Waals surface area (Å²) in [6, 6.07) is 5.39. The van der Waals surface area contributed by atoms with Gasteiger partial charge in [-0.15, -0.1) is 0 Å². The fourth-order valence-electron chi connectivity index (χ4n) is 3.43. The van der Waals surface area contributed by atoms with Crippen LogP contribution in [0.5, 0.6) is 0 Å². The molecule has 1 unspecified atom stereocenters. The van der Waals surface area contributed by atoms with Crippen molar-refractivity contribution in [1.82, 2.24) is 4.90 Å². The molecule has 3 rings (SSSR count). The van der Waals surface area contributed by atoms with E-state index in [9.17, 15) is 13.2 Å². The number of benzene rings is 1. The third-order valence-electron chi connectivity index (χ3n) is 5.01. The van der Waals surface area contributed by atoms with Crippen molar-refractivity contribution in [3.8, 4) is 0 Å². The Kier molecular flexibility index (Phi) is 3.66. The number of nitrogens with zero attached hydrogens (tertiary/aromatic N) is 1. The first-order chi connectivity index (χ1) is 10.7. The van der Waals surface area contributed by atoms with E-state index in [4.69, 9.17) is 0 Å². The van der Waals surface area contributed by atoms with Gasteiger partial charge in [-0.2, -0.15) is 13.2 Å². The first-order valence-corrected chi connectivity index (χ1v) is 7.71. The molecule has 23 heavy (non-hydrogen) atoms. The van der Waals surface area contributed by atoms with Crippen molar-refractivity contribution >= 4 is 0 Å². The number of fused-ring (bicyclic) bond motifs is 1. The van der Waals surface area contributed by atoms with Gasteiger partial charge in [0.05, 0.1) is 5.56 Å². The average Bonchev–Trinajstić information content (AvgIpc) is 2.69. The van der Waals surface area contributed by atoms with E-state index in [2.05, 4.69) is 37.5 Å². The molecule has 0 N–H and O–H groups in total. The number of halogens is 3. The predicted octanol–water partition coefficient (Wildman–Crippen LogP) is 5.52. The largest absolute Gasteiger partial charge is 0.416 e. The Hall–Kier alpha value is -1.97. The van der Waals surface area contributed by atoms with Gasteiger partial charge in [0.15, 0.2) is 0 Å². The fraction of sp³-hybridized carbons (Fsp3) is 0.368. The van der Waals surface area contributed by atoms with Crippen LogP contribution in [0.25, 0.3) is 0 Å². The summed E-state index contributed by atoms with van der Waals surface area (Å²) in [5.74, 6) is 0.384. The van der Waals surface area contributed by atoms with Gasteiger partial charge in [0.1, 0.15) is 0 Å². The number of rotatable bonds is 2. The molecule has 1 aliphatic heterocycles. The monoisotopic (exact) mass is 319 g/mol. The second-order valence-electron chi connectivity index (χ2n) is 6.76. The Balaban J connectivity index is 1.86. The lowest BCUT2D eigenvalue weighted by atomic mass is 9.76. The zero-order chi connectivity index (χ0) is 16.8. The molecule has 1 nitrogen and oxygen atoms in total. The minimum atomic E-state index is -4.29. The van der Waals surface area contributed by atoms with Gasteiger partial charge in [-0.05, 0) is 30.2 Å². The third-order valence-corrected chi connectivity index (χ3v) is 5.01. The maximum Gasteiger partial charge on any atom is 0.416 e. The second kappa shape index (κ2) is 5.29. The molecule has 0 radical (unpaired) electrons. The number of hydrogen-bond acceptors (Lipinski definition) is 1. The molecule has 1 heterocycles. The fourth-order valence-corrected chi connectivity index (χ4v) is 3.43. The van der Waals surface area contributed by atoms with Crippen LogP contribution in [0.15, 0.2) is 60.5 Å². The molecule has 0 amide bonds. The molecule has 2 aliphatic rings. The standard InChI is InChI=1S/C19H20F3N/c1-13-18(2,3)16-6-4-5-7-17(16)23(13)12-14-8-10-15(11-9-14)19(20,21)22/h4-5,7-11,16H,1,6,12H2,2-3H3. The summed E-state index contributed by atoms with van der Waals surface area (Å²) in [4.78, 5) is 2.15. The Morgan fingerprint density at radius 1 is 1.22 bits per heavy atom. The summed E-state index contributed by atoms with van der Waals surface area (Å²) in [5.41, 5.74) is 2.44. The highest BCUT2D eigenvalue weighted by Crippen LogP contribution is 2.52. The van der Waals surface area contributed by atoms with E-state index >= 15 is 0 Å². The highest BCUT2D eigenvalue weighted by molar-refractivity contribution is 5.36. The SMILES string of the molecule is C=C1N(Cc2ccc(C(F)(F)F)cc2)C2=CC=CCC2C1(C)C. The maximum absolute atomic E-state index is 12.7. The van der Waals surface area contributed by atoms with Gasteiger partial charge < -0.3 is 4.90 Å². The molecule has 1 saturated heterocycles. The Bertz CT molecular complexity index is 678. The topological polar surface area (TPSA) is 3.24 Å². The molecular formula is C19H20F3N. The van der Waals surface area contributed by atoms with Crippen LogP contribution < -0.4 is 0 Å². The molecule has 1 fully saturated rings. The number of allylic oxidation sites excluding steroid dienone is 5. The first kappa shape index (κ1) is 15.9. The van der Waals surface area contributed by atoms with E-state index < -0.39 is 11.7 Å². The molecule has 0 saturated carbocycles.